The van der Waals surface area contributed by atoms with Crippen molar-refractivity contribution in [1.82, 2.24) is 0 Å². The van der Waals surface area contributed by atoms with Gasteiger partial charge in [0.1, 0.15) is 0 Å². The molecule has 0 fully saturated rings. The summed E-state index contributed by atoms with van der Waals surface area (Å²) in [4.78, 5) is 0. The second-order valence-corrected chi connectivity index (χ2v) is 5.46. The highest BCUT2D eigenvalue weighted by atomic mass is 127. The van der Waals surface area contributed by atoms with Crippen LogP contribution >= 0.6 is 22.6 Å². The van der Waals surface area contributed by atoms with E-state index >= 15 is 0 Å². The van der Waals surface area contributed by atoms with Crippen LogP contribution in [0.25, 0.3) is 0 Å². The summed E-state index contributed by atoms with van der Waals surface area (Å²) in [6.07, 6.45) is 3.91. The predicted octanol–water partition coefficient (Wildman–Crippen LogP) is 3.62. The molecule has 0 saturated heterocycles. The highest BCUT2D eigenvalue weighted by molar-refractivity contribution is 14.1. The van der Waals surface area contributed by atoms with Crippen LogP contribution < -0.4 is 0 Å². The fourth-order valence-corrected chi connectivity index (χ4v) is 2.69. The van der Waals surface area contributed by atoms with Crippen molar-refractivity contribution in [2.24, 2.45) is 5.92 Å². The van der Waals surface area contributed by atoms with Gasteiger partial charge >= 0.3 is 0 Å². The molecule has 1 aliphatic rings. The Balaban J connectivity index is 2.14. The lowest BCUT2D eigenvalue weighted by atomic mass is 10.0. The van der Waals surface area contributed by atoms with Gasteiger partial charge in [0.2, 0.25) is 0 Å². The van der Waals surface area contributed by atoms with Crippen molar-refractivity contribution in [3.8, 4) is 0 Å². The summed E-state index contributed by atoms with van der Waals surface area (Å²) in [6.45, 7) is 2.29. The molecule has 70 valence electrons. The van der Waals surface area contributed by atoms with Crippen LogP contribution in [0.2, 0.25) is 0 Å². The first kappa shape index (κ1) is 9.50. The minimum Gasteiger partial charge on any atom is -0.0823 e. The van der Waals surface area contributed by atoms with Crippen LogP contribution in [0.4, 0.5) is 0 Å². The van der Waals surface area contributed by atoms with Crippen molar-refractivity contribution < 1.29 is 0 Å². The Kier molecular flexibility index (Phi) is 2.92. The maximum Gasteiger partial charge on any atom is 0.0142 e. The van der Waals surface area contributed by atoms with Gasteiger partial charge in [0.05, 0.1) is 0 Å². The van der Waals surface area contributed by atoms with Crippen LogP contribution in [0.3, 0.4) is 0 Å². The summed E-state index contributed by atoms with van der Waals surface area (Å²) in [6, 6.07) is 8.90. The molecule has 0 nitrogen and oxygen atoms in total. The van der Waals surface area contributed by atoms with E-state index in [1.807, 2.05) is 0 Å². The van der Waals surface area contributed by atoms with Crippen molar-refractivity contribution in [2.45, 2.75) is 30.1 Å². The number of hydrogen-bond donors (Lipinski definition) is 0. The number of halogens is 1. The second kappa shape index (κ2) is 3.99. The molecule has 0 spiro atoms. The smallest absolute Gasteiger partial charge is 0.0142 e. The average Bonchev–Trinajstić information content (AvgIpc) is 2.59. The van der Waals surface area contributed by atoms with E-state index in [1.54, 1.807) is 11.1 Å². The zero-order valence-electron chi connectivity index (χ0n) is 7.96. The predicted molar refractivity (Wildman–Crippen MR) is 65.4 cm³/mol. The molecule has 1 aliphatic carbocycles. The van der Waals surface area contributed by atoms with E-state index < -0.39 is 0 Å². The summed E-state index contributed by atoms with van der Waals surface area (Å²) in [7, 11) is 0. The summed E-state index contributed by atoms with van der Waals surface area (Å²) in [5.74, 6) is 0.892. The highest BCUT2D eigenvalue weighted by Crippen LogP contribution is 2.32. The monoisotopic (exact) mass is 286 g/mol. The summed E-state index contributed by atoms with van der Waals surface area (Å²) in [5.41, 5.74) is 3.17. The van der Waals surface area contributed by atoms with Crippen molar-refractivity contribution in [3.05, 3.63) is 35.4 Å². The molecule has 1 aromatic carbocycles. The molecule has 0 aliphatic heterocycles. The van der Waals surface area contributed by atoms with E-state index in [0.29, 0.717) is 0 Å². The van der Waals surface area contributed by atoms with Crippen molar-refractivity contribution in [2.75, 3.05) is 0 Å². The molecule has 1 atom stereocenters. The molecule has 0 N–H and O–H groups in total. The third kappa shape index (κ3) is 1.90. The van der Waals surface area contributed by atoms with Crippen molar-refractivity contribution >= 4 is 22.6 Å². The molecule has 0 aromatic heterocycles. The van der Waals surface area contributed by atoms with E-state index in [-0.39, 0.29) is 0 Å². The fraction of sp³-hybridized carbons (Fsp3) is 0.500. The average molecular weight is 286 g/mol. The van der Waals surface area contributed by atoms with E-state index in [0.717, 1.165) is 9.84 Å². The Morgan fingerprint density at radius 1 is 1.31 bits per heavy atom. The molecule has 1 heteroatoms. The van der Waals surface area contributed by atoms with E-state index in [1.165, 1.54) is 19.3 Å². The third-order valence-corrected chi connectivity index (χ3v) is 4.88. The molecule has 1 aromatic rings. The Bertz CT molecular complexity index is 268. The molecule has 2 rings (SSSR count). The Labute approximate surface area is 93.9 Å². The third-order valence-electron chi connectivity index (χ3n) is 2.98. The molecule has 0 radical (unpaired) electrons. The Morgan fingerprint density at radius 3 is 2.31 bits per heavy atom. The molecule has 0 saturated carbocycles. The first-order chi connectivity index (χ1) is 6.31. The van der Waals surface area contributed by atoms with Crippen molar-refractivity contribution in [3.63, 3.8) is 0 Å². The van der Waals surface area contributed by atoms with E-state index in [4.69, 9.17) is 0 Å². The van der Waals surface area contributed by atoms with Crippen LogP contribution in [0.1, 0.15) is 24.5 Å². The number of fused-ring (bicyclic) bond motifs is 1. The fourth-order valence-electron chi connectivity index (χ4n) is 2.18. The SMILES string of the molecule is CCC(I)C1Cc2ccccc2C1. The van der Waals surface area contributed by atoms with Crippen LogP contribution in [-0.2, 0) is 12.8 Å². The van der Waals surface area contributed by atoms with Gasteiger partial charge in [-0.1, -0.05) is 53.8 Å². The normalized spacial score (nSPS) is 18.6. The maximum absolute atomic E-state index is 2.61. The second-order valence-electron chi connectivity index (χ2n) is 3.86. The van der Waals surface area contributed by atoms with Gasteiger partial charge in [0, 0.05) is 3.92 Å². The van der Waals surface area contributed by atoms with Gasteiger partial charge in [-0.05, 0) is 36.3 Å². The number of alkyl halides is 1. The quantitative estimate of drug-likeness (QED) is 0.575. The van der Waals surface area contributed by atoms with Gasteiger partial charge < -0.3 is 0 Å². The summed E-state index contributed by atoms with van der Waals surface area (Å²) in [5, 5.41) is 0. The largest absolute Gasteiger partial charge is 0.0823 e. The van der Waals surface area contributed by atoms with Gasteiger partial charge in [0.15, 0.2) is 0 Å². The maximum atomic E-state index is 2.61. The number of hydrogen-bond acceptors (Lipinski definition) is 0. The van der Waals surface area contributed by atoms with Crippen molar-refractivity contribution in [1.29, 1.82) is 0 Å². The first-order valence-electron chi connectivity index (χ1n) is 5.02. The van der Waals surface area contributed by atoms with Gasteiger partial charge in [0.25, 0.3) is 0 Å². The van der Waals surface area contributed by atoms with E-state index in [9.17, 15) is 0 Å². The molecular formula is C12H15I. The van der Waals surface area contributed by atoms with E-state index in [2.05, 4.69) is 53.8 Å². The topological polar surface area (TPSA) is 0 Å². The van der Waals surface area contributed by atoms with Gasteiger partial charge in [-0.2, -0.15) is 0 Å². The zero-order chi connectivity index (χ0) is 9.26. The molecule has 0 bridgehead atoms. The minimum atomic E-state index is 0.852. The number of benzene rings is 1. The van der Waals surface area contributed by atoms with Crippen LogP contribution in [0.5, 0.6) is 0 Å². The summed E-state index contributed by atoms with van der Waals surface area (Å²) >= 11 is 2.61. The van der Waals surface area contributed by atoms with Crippen LogP contribution in [0, 0.1) is 5.92 Å². The zero-order valence-corrected chi connectivity index (χ0v) is 10.1. The standard InChI is InChI=1S/C12H15I/c1-2-12(13)11-7-9-5-3-4-6-10(9)8-11/h3-6,11-12H,2,7-8H2,1H3. The first-order valence-corrected chi connectivity index (χ1v) is 6.26. The molecule has 0 amide bonds. The molecule has 1 unspecified atom stereocenters. The van der Waals surface area contributed by atoms with Gasteiger partial charge in [-0.15, -0.1) is 0 Å². The lowest BCUT2D eigenvalue weighted by molar-refractivity contribution is 0.538. The summed E-state index contributed by atoms with van der Waals surface area (Å²) < 4.78 is 0.852. The minimum absolute atomic E-state index is 0.852. The highest BCUT2D eigenvalue weighted by Gasteiger charge is 2.25. The Morgan fingerprint density at radius 2 is 1.85 bits per heavy atom. The molecule has 0 heterocycles. The molecular weight excluding hydrogens is 271 g/mol. The number of rotatable bonds is 2. The Hall–Kier alpha value is -0.0500. The van der Waals surface area contributed by atoms with Crippen LogP contribution in [0.15, 0.2) is 24.3 Å². The lowest BCUT2D eigenvalue weighted by Crippen LogP contribution is -2.13. The molecule has 13 heavy (non-hydrogen) atoms. The van der Waals surface area contributed by atoms with Gasteiger partial charge in [-0.25, -0.2) is 0 Å². The lowest BCUT2D eigenvalue weighted by Gasteiger charge is -2.14. The van der Waals surface area contributed by atoms with Gasteiger partial charge in [-0.3, -0.25) is 0 Å². The van der Waals surface area contributed by atoms with Crippen LogP contribution in [-0.4, -0.2) is 3.92 Å².